The molecule has 0 saturated heterocycles. The number of nitrogens with two attached hydrogens (primary N) is 1. The molecule has 1 aliphatic rings. The van der Waals surface area contributed by atoms with Gasteiger partial charge in [0, 0.05) is 10.6 Å². The number of rotatable bonds is 7. The molecule has 1 atom stereocenters. The maximum absolute atomic E-state index is 12.1. The summed E-state index contributed by atoms with van der Waals surface area (Å²) in [7, 11) is 1.64. The molecule has 2 N–H and O–H groups in total. The minimum absolute atomic E-state index is 0.240. The number of methoxy groups -OCH3 is 1. The number of esters is 1. The van der Waals surface area contributed by atoms with Gasteiger partial charge < -0.3 is 15.2 Å². The first kappa shape index (κ1) is 15.2. The SMILES string of the molecule is CCOC(=O)C(N)(CSc1ccccc1OC)C1CC1. The smallest absolute Gasteiger partial charge is 0.327 e. The lowest BCUT2D eigenvalue weighted by molar-refractivity contribution is -0.149. The zero-order valence-corrected chi connectivity index (χ0v) is 12.7. The number of ether oxygens (including phenoxy) is 2. The molecule has 1 aromatic carbocycles. The number of carbonyl (C=O) groups excluding carboxylic acids is 1. The summed E-state index contributed by atoms with van der Waals surface area (Å²) in [6.07, 6.45) is 2.00. The summed E-state index contributed by atoms with van der Waals surface area (Å²) in [5.41, 5.74) is 5.45. The molecule has 0 heterocycles. The largest absolute Gasteiger partial charge is 0.496 e. The Morgan fingerprint density at radius 2 is 2.15 bits per heavy atom. The van der Waals surface area contributed by atoms with Crippen LogP contribution < -0.4 is 10.5 Å². The number of thioether (sulfide) groups is 1. The van der Waals surface area contributed by atoms with E-state index in [0.29, 0.717) is 12.4 Å². The van der Waals surface area contributed by atoms with E-state index in [-0.39, 0.29) is 11.9 Å². The lowest BCUT2D eigenvalue weighted by Crippen LogP contribution is -2.53. The van der Waals surface area contributed by atoms with Crippen LogP contribution in [0.3, 0.4) is 0 Å². The van der Waals surface area contributed by atoms with Gasteiger partial charge in [0.1, 0.15) is 11.3 Å². The highest BCUT2D eigenvalue weighted by molar-refractivity contribution is 7.99. The second kappa shape index (κ2) is 6.50. The summed E-state index contributed by atoms with van der Waals surface area (Å²) in [5.74, 6) is 1.27. The lowest BCUT2D eigenvalue weighted by Gasteiger charge is -2.26. The average molecular weight is 295 g/mol. The van der Waals surface area contributed by atoms with Gasteiger partial charge in [0.2, 0.25) is 0 Å². The fourth-order valence-electron chi connectivity index (χ4n) is 2.14. The van der Waals surface area contributed by atoms with Gasteiger partial charge in [0.05, 0.1) is 13.7 Å². The van der Waals surface area contributed by atoms with Gasteiger partial charge in [0.15, 0.2) is 0 Å². The van der Waals surface area contributed by atoms with Crippen LogP contribution in [0.2, 0.25) is 0 Å². The van der Waals surface area contributed by atoms with Crippen molar-refractivity contribution >= 4 is 17.7 Å². The van der Waals surface area contributed by atoms with E-state index in [0.717, 1.165) is 23.5 Å². The zero-order valence-electron chi connectivity index (χ0n) is 11.9. The van der Waals surface area contributed by atoms with Gasteiger partial charge in [-0.2, -0.15) is 0 Å². The third kappa shape index (κ3) is 3.27. The van der Waals surface area contributed by atoms with Gasteiger partial charge in [-0.3, -0.25) is 4.79 Å². The lowest BCUT2D eigenvalue weighted by atomic mass is 9.97. The summed E-state index contributed by atoms with van der Waals surface area (Å²) < 4.78 is 10.5. The Kier molecular flexibility index (Phi) is 4.94. The van der Waals surface area contributed by atoms with Crippen molar-refractivity contribution in [2.75, 3.05) is 19.5 Å². The van der Waals surface area contributed by atoms with Crippen LogP contribution in [-0.2, 0) is 9.53 Å². The molecule has 1 aliphatic carbocycles. The number of hydrogen-bond donors (Lipinski definition) is 1. The van der Waals surface area contributed by atoms with Crippen LogP contribution in [0.5, 0.6) is 5.75 Å². The topological polar surface area (TPSA) is 61.5 Å². The van der Waals surface area contributed by atoms with Crippen LogP contribution in [0.25, 0.3) is 0 Å². The fourth-order valence-corrected chi connectivity index (χ4v) is 3.36. The molecule has 4 nitrogen and oxygen atoms in total. The molecule has 20 heavy (non-hydrogen) atoms. The van der Waals surface area contributed by atoms with Crippen LogP contribution in [0.1, 0.15) is 19.8 Å². The minimum Gasteiger partial charge on any atom is -0.496 e. The number of carbonyl (C=O) groups is 1. The van der Waals surface area contributed by atoms with Crippen molar-refractivity contribution in [1.82, 2.24) is 0 Å². The Hall–Kier alpha value is -1.20. The molecule has 0 amide bonds. The fraction of sp³-hybridized carbons (Fsp3) is 0.533. The van der Waals surface area contributed by atoms with Crippen LogP contribution in [0.15, 0.2) is 29.2 Å². The Balaban J connectivity index is 2.07. The second-order valence-electron chi connectivity index (χ2n) is 4.97. The summed E-state index contributed by atoms with van der Waals surface area (Å²) in [6, 6.07) is 7.75. The van der Waals surface area contributed by atoms with E-state index in [1.165, 1.54) is 0 Å². The molecule has 110 valence electrons. The molecular formula is C15H21NO3S. The quantitative estimate of drug-likeness (QED) is 0.618. The highest BCUT2D eigenvalue weighted by Crippen LogP contribution is 2.42. The van der Waals surface area contributed by atoms with Crippen molar-refractivity contribution in [2.45, 2.75) is 30.2 Å². The number of para-hydroxylation sites is 1. The molecular weight excluding hydrogens is 274 g/mol. The van der Waals surface area contributed by atoms with E-state index in [1.54, 1.807) is 25.8 Å². The molecule has 0 bridgehead atoms. The molecule has 0 spiro atoms. The first-order chi connectivity index (χ1) is 9.61. The van der Waals surface area contributed by atoms with Crippen molar-refractivity contribution in [3.05, 3.63) is 24.3 Å². The summed E-state index contributed by atoms with van der Waals surface area (Å²) >= 11 is 1.55. The highest BCUT2D eigenvalue weighted by Gasteiger charge is 2.49. The predicted octanol–water partition coefficient (Wildman–Crippen LogP) is 2.46. The van der Waals surface area contributed by atoms with Crippen LogP contribution >= 0.6 is 11.8 Å². The molecule has 1 unspecified atom stereocenters. The molecule has 5 heteroatoms. The van der Waals surface area contributed by atoms with E-state index in [2.05, 4.69) is 0 Å². The molecule has 0 aromatic heterocycles. The molecule has 2 rings (SSSR count). The Morgan fingerprint density at radius 1 is 1.45 bits per heavy atom. The third-order valence-electron chi connectivity index (χ3n) is 3.50. The molecule has 1 aromatic rings. The van der Waals surface area contributed by atoms with Gasteiger partial charge in [-0.1, -0.05) is 12.1 Å². The summed E-state index contributed by atoms with van der Waals surface area (Å²) in [6.45, 7) is 2.17. The van der Waals surface area contributed by atoms with Gasteiger partial charge in [-0.25, -0.2) is 0 Å². The minimum atomic E-state index is -0.887. The maximum Gasteiger partial charge on any atom is 0.327 e. The number of hydrogen-bond acceptors (Lipinski definition) is 5. The van der Waals surface area contributed by atoms with E-state index in [9.17, 15) is 4.79 Å². The summed E-state index contributed by atoms with van der Waals surface area (Å²) in [4.78, 5) is 13.1. The van der Waals surface area contributed by atoms with Crippen LogP contribution in [0, 0.1) is 5.92 Å². The molecule has 0 aliphatic heterocycles. The standard InChI is InChI=1S/C15H21NO3S/c1-3-19-14(17)15(16,11-8-9-11)10-20-13-7-5-4-6-12(13)18-2/h4-7,11H,3,8-10,16H2,1-2H3. The van der Waals surface area contributed by atoms with Crippen molar-refractivity contribution in [2.24, 2.45) is 11.7 Å². The van der Waals surface area contributed by atoms with Crippen LogP contribution in [-0.4, -0.2) is 31.0 Å². The Morgan fingerprint density at radius 3 is 2.75 bits per heavy atom. The van der Waals surface area contributed by atoms with E-state index in [1.807, 2.05) is 24.3 Å². The Labute approximate surface area is 124 Å². The van der Waals surface area contributed by atoms with Gasteiger partial charge in [-0.05, 0) is 37.8 Å². The zero-order chi connectivity index (χ0) is 14.6. The van der Waals surface area contributed by atoms with E-state index >= 15 is 0 Å². The maximum atomic E-state index is 12.1. The first-order valence-corrected chi connectivity index (χ1v) is 7.82. The second-order valence-corrected chi connectivity index (χ2v) is 5.99. The Bertz CT molecular complexity index is 476. The monoisotopic (exact) mass is 295 g/mol. The number of benzene rings is 1. The first-order valence-electron chi connectivity index (χ1n) is 6.83. The van der Waals surface area contributed by atoms with Gasteiger partial charge >= 0.3 is 5.97 Å². The molecule has 1 saturated carbocycles. The summed E-state index contributed by atoms with van der Waals surface area (Å²) in [5, 5.41) is 0. The highest BCUT2D eigenvalue weighted by atomic mass is 32.2. The van der Waals surface area contributed by atoms with Crippen molar-refractivity contribution in [3.8, 4) is 5.75 Å². The van der Waals surface area contributed by atoms with E-state index in [4.69, 9.17) is 15.2 Å². The van der Waals surface area contributed by atoms with Crippen LogP contribution in [0.4, 0.5) is 0 Å². The van der Waals surface area contributed by atoms with Gasteiger partial charge in [0.25, 0.3) is 0 Å². The third-order valence-corrected chi connectivity index (χ3v) is 4.77. The normalized spacial score (nSPS) is 17.4. The molecule has 1 fully saturated rings. The average Bonchev–Trinajstić information content (AvgIpc) is 3.30. The predicted molar refractivity (Wildman–Crippen MR) is 80.0 cm³/mol. The van der Waals surface area contributed by atoms with Gasteiger partial charge in [-0.15, -0.1) is 11.8 Å². The van der Waals surface area contributed by atoms with E-state index < -0.39 is 5.54 Å². The van der Waals surface area contributed by atoms with Crippen molar-refractivity contribution in [1.29, 1.82) is 0 Å². The van der Waals surface area contributed by atoms with Crippen molar-refractivity contribution in [3.63, 3.8) is 0 Å². The molecule has 0 radical (unpaired) electrons. The van der Waals surface area contributed by atoms with Crippen molar-refractivity contribution < 1.29 is 14.3 Å².